The minimum absolute atomic E-state index is 0.135. The smallest absolute Gasteiger partial charge is 0.244 e. The number of carbonyl (C=O) groups is 2. The average molecular weight is 542 g/mol. The summed E-state index contributed by atoms with van der Waals surface area (Å²) in [4.78, 5) is 28.5. The van der Waals surface area contributed by atoms with Gasteiger partial charge in [0.05, 0.1) is 11.9 Å². The largest absolute Gasteiger partial charge is 0.357 e. The summed E-state index contributed by atoms with van der Waals surface area (Å²) >= 11 is 6.26. The van der Waals surface area contributed by atoms with Crippen molar-refractivity contribution in [1.29, 1.82) is 0 Å². The van der Waals surface area contributed by atoms with Crippen LogP contribution in [0.15, 0.2) is 72.8 Å². The summed E-state index contributed by atoms with van der Waals surface area (Å²) < 4.78 is 26.7. The number of hydrogen-bond donors (Lipinski definition) is 1. The molecule has 196 valence electrons. The first-order chi connectivity index (χ1) is 17.5. The van der Waals surface area contributed by atoms with Gasteiger partial charge in [0.25, 0.3) is 0 Å². The Kier molecular flexibility index (Phi) is 9.34. The summed E-state index contributed by atoms with van der Waals surface area (Å²) in [5, 5.41) is 3.06. The van der Waals surface area contributed by atoms with Gasteiger partial charge < -0.3 is 10.2 Å². The maximum Gasteiger partial charge on any atom is 0.244 e. The summed E-state index contributed by atoms with van der Waals surface area (Å²) in [6, 6.07) is 21.1. The highest BCUT2D eigenvalue weighted by molar-refractivity contribution is 7.92. The number of sulfonamides is 1. The molecule has 3 aromatic rings. The molecule has 0 heterocycles. The molecule has 3 rings (SSSR count). The SMILES string of the molecule is CNC(=O)C(Cc1ccccc1)N(Cc1ccc(C)cc1)C(=O)CN(c1cccc(Cl)c1C)S(C)(=O)=O. The monoisotopic (exact) mass is 541 g/mol. The summed E-state index contributed by atoms with van der Waals surface area (Å²) in [5.74, 6) is -0.843. The Labute approximate surface area is 224 Å². The summed E-state index contributed by atoms with van der Waals surface area (Å²) in [6.07, 6.45) is 1.32. The second-order valence-corrected chi connectivity index (χ2v) is 11.3. The fraction of sp³-hybridized carbons (Fsp3) is 0.286. The second-order valence-electron chi connectivity index (χ2n) is 8.98. The van der Waals surface area contributed by atoms with Crippen LogP contribution < -0.4 is 9.62 Å². The third-order valence-electron chi connectivity index (χ3n) is 6.18. The van der Waals surface area contributed by atoms with E-state index in [1.165, 1.54) is 11.9 Å². The van der Waals surface area contributed by atoms with Crippen LogP contribution >= 0.6 is 11.6 Å². The number of aryl methyl sites for hydroxylation is 1. The highest BCUT2D eigenvalue weighted by Crippen LogP contribution is 2.28. The molecular formula is C28H32ClN3O4S. The number of carbonyl (C=O) groups excluding carboxylic acids is 2. The predicted molar refractivity (Wildman–Crippen MR) is 148 cm³/mol. The first kappa shape index (κ1) is 28.2. The van der Waals surface area contributed by atoms with E-state index in [4.69, 9.17) is 11.6 Å². The highest BCUT2D eigenvalue weighted by Gasteiger charge is 2.33. The van der Waals surface area contributed by atoms with Gasteiger partial charge >= 0.3 is 0 Å². The normalized spacial score (nSPS) is 12.0. The fourth-order valence-electron chi connectivity index (χ4n) is 4.07. The molecule has 9 heteroatoms. The molecule has 0 aliphatic carbocycles. The lowest BCUT2D eigenvalue weighted by molar-refractivity contribution is -0.139. The van der Waals surface area contributed by atoms with E-state index >= 15 is 0 Å². The zero-order chi connectivity index (χ0) is 27.2. The van der Waals surface area contributed by atoms with E-state index < -0.39 is 28.5 Å². The van der Waals surface area contributed by atoms with Crippen LogP contribution in [0.3, 0.4) is 0 Å². The molecule has 0 radical (unpaired) electrons. The van der Waals surface area contributed by atoms with Crippen LogP contribution in [-0.2, 0) is 32.6 Å². The third-order valence-corrected chi connectivity index (χ3v) is 7.71. The van der Waals surface area contributed by atoms with Crippen LogP contribution in [0.1, 0.15) is 22.3 Å². The molecule has 3 aromatic carbocycles. The Morgan fingerprint density at radius 3 is 2.16 bits per heavy atom. The van der Waals surface area contributed by atoms with Crippen molar-refractivity contribution in [3.63, 3.8) is 0 Å². The van der Waals surface area contributed by atoms with Crippen molar-refractivity contribution < 1.29 is 18.0 Å². The summed E-state index contributed by atoms with van der Waals surface area (Å²) in [7, 11) is -2.33. The van der Waals surface area contributed by atoms with Gasteiger partial charge in [0.15, 0.2) is 0 Å². The Balaban J connectivity index is 2.05. The van der Waals surface area contributed by atoms with Gasteiger partial charge in [0.1, 0.15) is 12.6 Å². The number of nitrogens with zero attached hydrogens (tertiary/aromatic N) is 2. The Morgan fingerprint density at radius 1 is 0.919 bits per heavy atom. The highest BCUT2D eigenvalue weighted by atomic mass is 35.5. The van der Waals surface area contributed by atoms with Gasteiger partial charge in [-0.1, -0.05) is 77.8 Å². The Bertz CT molecular complexity index is 1350. The number of anilines is 1. The number of nitrogens with one attached hydrogen (secondary N) is 1. The van der Waals surface area contributed by atoms with Gasteiger partial charge in [-0.15, -0.1) is 0 Å². The molecule has 0 aromatic heterocycles. The van der Waals surface area contributed by atoms with Crippen LogP contribution in [0.5, 0.6) is 0 Å². The molecule has 0 spiro atoms. The minimum atomic E-state index is -3.85. The van der Waals surface area contributed by atoms with E-state index in [-0.39, 0.29) is 18.9 Å². The van der Waals surface area contributed by atoms with Crippen molar-refractivity contribution in [2.24, 2.45) is 0 Å². The van der Waals surface area contributed by atoms with Crippen LogP contribution in [0.4, 0.5) is 5.69 Å². The Morgan fingerprint density at radius 2 is 1.57 bits per heavy atom. The van der Waals surface area contributed by atoms with Crippen molar-refractivity contribution in [1.82, 2.24) is 10.2 Å². The third kappa shape index (κ3) is 7.33. The van der Waals surface area contributed by atoms with Gasteiger partial charge in [-0.2, -0.15) is 0 Å². The summed E-state index contributed by atoms with van der Waals surface area (Å²) in [6.45, 7) is 3.32. The quantitative estimate of drug-likeness (QED) is 0.418. The van der Waals surface area contributed by atoms with Gasteiger partial charge in [-0.25, -0.2) is 8.42 Å². The van der Waals surface area contributed by atoms with E-state index in [0.717, 1.165) is 27.3 Å². The first-order valence-electron chi connectivity index (χ1n) is 11.8. The topological polar surface area (TPSA) is 86.8 Å². The van der Waals surface area contributed by atoms with Gasteiger partial charge in [0.2, 0.25) is 21.8 Å². The molecule has 1 unspecified atom stereocenters. The van der Waals surface area contributed by atoms with Crippen LogP contribution in [0.25, 0.3) is 0 Å². The van der Waals surface area contributed by atoms with Crippen LogP contribution in [0, 0.1) is 13.8 Å². The van der Waals surface area contributed by atoms with Gasteiger partial charge in [-0.3, -0.25) is 13.9 Å². The molecule has 0 aliphatic rings. The second kappa shape index (κ2) is 12.3. The molecular weight excluding hydrogens is 510 g/mol. The van der Waals surface area contributed by atoms with Crippen molar-refractivity contribution in [2.75, 3.05) is 24.2 Å². The first-order valence-corrected chi connectivity index (χ1v) is 14.1. The molecule has 0 saturated carbocycles. The van der Waals surface area contributed by atoms with E-state index in [9.17, 15) is 18.0 Å². The molecule has 0 bridgehead atoms. The number of hydrogen-bond acceptors (Lipinski definition) is 4. The number of benzene rings is 3. The van der Waals surface area contributed by atoms with E-state index in [1.54, 1.807) is 25.1 Å². The summed E-state index contributed by atoms with van der Waals surface area (Å²) in [5.41, 5.74) is 3.63. The van der Waals surface area contributed by atoms with E-state index in [2.05, 4.69) is 5.32 Å². The molecule has 0 fully saturated rings. The van der Waals surface area contributed by atoms with E-state index in [0.29, 0.717) is 16.3 Å². The number of rotatable bonds is 10. The molecule has 1 atom stereocenters. The number of likely N-dealkylation sites (N-methyl/N-ethyl adjacent to an activating group) is 1. The van der Waals surface area contributed by atoms with Crippen molar-refractivity contribution in [2.45, 2.75) is 32.9 Å². The van der Waals surface area contributed by atoms with Crippen molar-refractivity contribution in [3.8, 4) is 0 Å². The predicted octanol–water partition coefficient (Wildman–Crippen LogP) is 4.11. The number of halogens is 1. The molecule has 1 N–H and O–H groups in total. The lowest BCUT2D eigenvalue weighted by atomic mass is 10.0. The van der Waals surface area contributed by atoms with Gasteiger partial charge in [-0.05, 0) is 42.7 Å². The molecule has 37 heavy (non-hydrogen) atoms. The van der Waals surface area contributed by atoms with Crippen LogP contribution in [0.2, 0.25) is 5.02 Å². The maximum absolute atomic E-state index is 13.9. The maximum atomic E-state index is 13.9. The lowest BCUT2D eigenvalue weighted by Crippen LogP contribution is -2.53. The fourth-order valence-corrected chi connectivity index (χ4v) is 5.14. The van der Waals surface area contributed by atoms with Crippen molar-refractivity contribution in [3.05, 3.63) is 100 Å². The average Bonchev–Trinajstić information content (AvgIpc) is 2.87. The molecule has 2 amide bonds. The molecule has 7 nitrogen and oxygen atoms in total. The zero-order valence-electron chi connectivity index (χ0n) is 21.4. The molecule has 0 saturated heterocycles. The van der Waals surface area contributed by atoms with Crippen LogP contribution in [-0.4, -0.2) is 51.0 Å². The standard InChI is InChI=1S/C28H32ClN3O4S/c1-20-13-15-23(16-14-20)18-31(26(28(34)30-3)17-22-9-6-5-7-10-22)27(33)19-32(37(4,35)36)25-12-8-11-24(29)21(25)2/h5-16,26H,17-19H2,1-4H3,(H,30,34). The minimum Gasteiger partial charge on any atom is -0.357 e. The Hall–Kier alpha value is -3.36. The lowest BCUT2D eigenvalue weighted by Gasteiger charge is -2.33. The van der Waals surface area contributed by atoms with Crippen molar-refractivity contribution >= 4 is 39.1 Å². The number of amides is 2. The van der Waals surface area contributed by atoms with E-state index in [1.807, 2.05) is 61.5 Å². The zero-order valence-corrected chi connectivity index (χ0v) is 23.0. The van der Waals surface area contributed by atoms with Gasteiger partial charge in [0, 0.05) is 25.0 Å². The molecule has 0 aliphatic heterocycles.